The van der Waals surface area contributed by atoms with E-state index in [0.717, 1.165) is 28.7 Å². The number of hydrogen-bond acceptors (Lipinski definition) is 2. The molecule has 146 valence electrons. The molecule has 0 radical (unpaired) electrons. The van der Waals surface area contributed by atoms with E-state index in [1.165, 1.54) is 5.56 Å². The molecule has 0 heterocycles. The Morgan fingerprint density at radius 3 is 1.47 bits per heavy atom. The van der Waals surface area contributed by atoms with Crippen molar-refractivity contribution in [3.05, 3.63) is 113 Å². The predicted molar refractivity (Wildman–Crippen MR) is 121 cm³/mol. The molecule has 30 heavy (non-hydrogen) atoms. The second kappa shape index (κ2) is 9.97. The van der Waals surface area contributed by atoms with Crippen molar-refractivity contribution >= 4 is 5.97 Å². The molecule has 0 N–H and O–H groups in total. The van der Waals surface area contributed by atoms with E-state index in [1.807, 2.05) is 36.4 Å². The van der Waals surface area contributed by atoms with Crippen molar-refractivity contribution in [1.29, 1.82) is 0 Å². The van der Waals surface area contributed by atoms with E-state index in [1.54, 1.807) is 19.1 Å². The van der Waals surface area contributed by atoms with Crippen LogP contribution in [0, 0.1) is 23.7 Å². The topological polar surface area (TPSA) is 26.3 Å². The SMILES string of the molecule is C=C(C)C(=O)Oc1ccc(C#Cc2ccc(C#Cc3ccc(CC)cc3)cc2)cc1. The highest BCUT2D eigenvalue weighted by Gasteiger charge is 2.04. The zero-order valence-corrected chi connectivity index (χ0v) is 17.2. The molecule has 0 aliphatic rings. The first-order chi connectivity index (χ1) is 14.5. The van der Waals surface area contributed by atoms with Crippen LogP contribution in [0.3, 0.4) is 0 Å². The first-order valence-electron chi connectivity index (χ1n) is 9.74. The minimum atomic E-state index is -0.435. The summed E-state index contributed by atoms with van der Waals surface area (Å²) in [4.78, 5) is 11.5. The Morgan fingerprint density at radius 2 is 1.10 bits per heavy atom. The molecule has 0 atom stereocenters. The maximum Gasteiger partial charge on any atom is 0.338 e. The monoisotopic (exact) mass is 390 g/mol. The highest BCUT2D eigenvalue weighted by atomic mass is 16.5. The molecule has 0 unspecified atom stereocenters. The largest absolute Gasteiger partial charge is 0.423 e. The highest BCUT2D eigenvalue weighted by Crippen LogP contribution is 2.13. The van der Waals surface area contributed by atoms with Crippen molar-refractivity contribution in [2.45, 2.75) is 20.3 Å². The Bertz CT molecular complexity index is 1160. The van der Waals surface area contributed by atoms with Crippen molar-refractivity contribution in [2.75, 3.05) is 0 Å². The second-order valence-electron chi connectivity index (χ2n) is 6.82. The lowest BCUT2D eigenvalue weighted by molar-refractivity contribution is -0.130. The third-order valence-electron chi connectivity index (χ3n) is 4.36. The summed E-state index contributed by atoms with van der Waals surface area (Å²) in [6, 6.07) is 23.3. The van der Waals surface area contributed by atoms with E-state index in [9.17, 15) is 4.79 Å². The van der Waals surface area contributed by atoms with Crippen LogP contribution in [0.1, 0.15) is 41.7 Å². The van der Waals surface area contributed by atoms with Gasteiger partial charge >= 0.3 is 5.97 Å². The van der Waals surface area contributed by atoms with Crippen LogP contribution >= 0.6 is 0 Å². The number of benzene rings is 3. The Kier molecular flexibility index (Phi) is 6.88. The third kappa shape index (κ3) is 5.99. The van der Waals surface area contributed by atoms with Crippen molar-refractivity contribution in [3.63, 3.8) is 0 Å². The van der Waals surface area contributed by atoms with Gasteiger partial charge in [0.05, 0.1) is 0 Å². The van der Waals surface area contributed by atoms with Gasteiger partial charge in [0.1, 0.15) is 5.75 Å². The molecule has 0 saturated carbocycles. The fourth-order valence-corrected chi connectivity index (χ4v) is 2.55. The normalized spacial score (nSPS) is 9.53. The Hall–Kier alpha value is -4.01. The maximum atomic E-state index is 11.5. The van der Waals surface area contributed by atoms with Crippen molar-refractivity contribution in [2.24, 2.45) is 0 Å². The van der Waals surface area contributed by atoms with Crippen LogP contribution in [0.25, 0.3) is 0 Å². The van der Waals surface area contributed by atoms with Crippen LogP contribution in [0.15, 0.2) is 84.9 Å². The fourth-order valence-electron chi connectivity index (χ4n) is 2.55. The molecule has 0 fully saturated rings. The zero-order chi connectivity index (χ0) is 21.3. The van der Waals surface area contributed by atoms with Crippen LogP contribution in [-0.2, 0) is 11.2 Å². The van der Waals surface area contributed by atoms with Crippen LogP contribution < -0.4 is 4.74 Å². The van der Waals surface area contributed by atoms with Gasteiger partial charge in [-0.25, -0.2) is 4.79 Å². The molecule has 3 aromatic carbocycles. The lowest BCUT2D eigenvalue weighted by Gasteiger charge is -2.03. The lowest BCUT2D eigenvalue weighted by Crippen LogP contribution is -2.07. The smallest absolute Gasteiger partial charge is 0.338 e. The quantitative estimate of drug-likeness (QED) is 0.254. The van der Waals surface area contributed by atoms with Gasteiger partial charge in [-0.3, -0.25) is 0 Å². The standard InChI is InChI=1S/C28H22O2/c1-4-22-5-7-23(8-6-22)9-10-24-11-13-25(14-12-24)15-16-26-17-19-27(20-18-26)30-28(29)21(2)3/h5-8,11-14,17-20H,2,4H2,1,3H3. The third-order valence-corrected chi connectivity index (χ3v) is 4.36. The summed E-state index contributed by atoms with van der Waals surface area (Å²) in [5.41, 5.74) is 5.37. The molecular formula is C28H22O2. The van der Waals surface area contributed by atoms with E-state index in [4.69, 9.17) is 4.74 Å². The summed E-state index contributed by atoms with van der Waals surface area (Å²) in [6.45, 7) is 7.32. The van der Waals surface area contributed by atoms with Crippen LogP contribution in [0.2, 0.25) is 0 Å². The van der Waals surface area contributed by atoms with E-state index in [2.05, 4.69) is 61.4 Å². The zero-order valence-electron chi connectivity index (χ0n) is 17.2. The van der Waals surface area contributed by atoms with Crippen molar-refractivity contribution in [1.82, 2.24) is 0 Å². The molecule has 0 aliphatic carbocycles. The average Bonchev–Trinajstić information content (AvgIpc) is 2.78. The van der Waals surface area contributed by atoms with Crippen molar-refractivity contribution < 1.29 is 9.53 Å². The molecular weight excluding hydrogens is 368 g/mol. The van der Waals surface area contributed by atoms with E-state index >= 15 is 0 Å². The lowest BCUT2D eigenvalue weighted by atomic mass is 10.1. The van der Waals surface area contributed by atoms with Gasteiger partial charge in [-0.2, -0.15) is 0 Å². The molecule has 3 aromatic rings. The summed E-state index contributed by atoms with van der Waals surface area (Å²) in [5.74, 6) is 12.7. The Balaban J connectivity index is 1.64. The first-order valence-corrected chi connectivity index (χ1v) is 9.74. The number of esters is 1. The van der Waals surface area contributed by atoms with Gasteiger partial charge < -0.3 is 4.74 Å². The predicted octanol–water partition coefficient (Wildman–Crippen LogP) is 5.53. The number of carbonyl (C=O) groups is 1. The van der Waals surface area contributed by atoms with Gasteiger partial charge in [0.15, 0.2) is 0 Å². The van der Waals surface area contributed by atoms with E-state index < -0.39 is 5.97 Å². The molecule has 0 saturated heterocycles. The molecule has 0 amide bonds. The van der Waals surface area contributed by atoms with Crippen LogP contribution in [0.5, 0.6) is 5.75 Å². The summed E-state index contributed by atoms with van der Waals surface area (Å²) in [5, 5.41) is 0. The number of hydrogen-bond donors (Lipinski definition) is 0. The second-order valence-corrected chi connectivity index (χ2v) is 6.82. The number of aryl methyl sites for hydroxylation is 1. The van der Waals surface area contributed by atoms with Crippen molar-refractivity contribution in [3.8, 4) is 29.4 Å². The average molecular weight is 390 g/mol. The minimum Gasteiger partial charge on any atom is -0.423 e. The fraction of sp³-hybridized carbons (Fsp3) is 0.107. The summed E-state index contributed by atoms with van der Waals surface area (Å²) in [6.07, 6.45) is 1.03. The van der Waals surface area contributed by atoms with Gasteiger partial charge in [-0.1, -0.05) is 49.3 Å². The molecule has 0 spiro atoms. The van der Waals surface area contributed by atoms with E-state index in [0.29, 0.717) is 11.3 Å². The summed E-state index contributed by atoms with van der Waals surface area (Å²) < 4.78 is 5.17. The van der Waals surface area contributed by atoms with Crippen LogP contribution in [0.4, 0.5) is 0 Å². The van der Waals surface area contributed by atoms with Gasteiger partial charge in [0, 0.05) is 27.8 Å². The molecule has 2 nitrogen and oxygen atoms in total. The summed E-state index contributed by atoms with van der Waals surface area (Å²) in [7, 11) is 0. The summed E-state index contributed by atoms with van der Waals surface area (Å²) >= 11 is 0. The Morgan fingerprint density at radius 1 is 0.733 bits per heavy atom. The van der Waals surface area contributed by atoms with Crippen LogP contribution in [-0.4, -0.2) is 5.97 Å². The van der Waals surface area contributed by atoms with Gasteiger partial charge in [0.25, 0.3) is 0 Å². The van der Waals surface area contributed by atoms with Gasteiger partial charge in [-0.05, 0) is 79.6 Å². The number of carbonyl (C=O) groups excluding carboxylic acids is 1. The molecule has 0 bridgehead atoms. The molecule has 0 aromatic heterocycles. The number of rotatable bonds is 3. The molecule has 2 heteroatoms. The van der Waals surface area contributed by atoms with Gasteiger partial charge in [0.2, 0.25) is 0 Å². The highest BCUT2D eigenvalue weighted by molar-refractivity contribution is 5.88. The minimum absolute atomic E-state index is 0.362. The van der Waals surface area contributed by atoms with E-state index in [-0.39, 0.29) is 0 Å². The molecule has 0 aliphatic heterocycles. The molecule has 3 rings (SSSR count). The first kappa shape index (κ1) is 20.7. The maximum absolute atomic E-state index is 11.5. The Labute approximate surface area is 178 Å². The number of ether oxygens (including phenoxy) is 1. The van der Waals surface area contributed by atoms with Gasteiger partial charge in [-0.15, -0.1) is 0 Å².